The topological polar surface area (TPSA) is 85.9 Å². The Hall–Kier alpha value is -3.22. The van der Waals surface area contributed by atoms with Gasteiger partial charge in [-0.2, -0.15) is 0 Å². The first-order chi connectivity index (χ1) is 13.1. The first-order valence-corrected chi connectivity index (χ1v) is 8.80. The molecule has 2 amide bonds. The molecular weight excluding hydrogens is 348 g/mol. The Bertz CT molecular complexity index is 746. The molecule has 0 aliphatic rings. The molecule has 144 valence electrons. The molecule has 2 aromatic carbocycles. The van der Waals surface area contributed by atoms with Gasteiger partial charge < -0.3 is 19.5 Å². The minimum absolute atomic E-state index is 0.252. The van der Waals surface area contributed by atoms with E-state index in [0.29, 0.717) is 36.8 Å². The molecule has 2 N–H and O–H groups in total. The fourth-order valence-electron chi connectivity index (χ4n) is 2.26. The predicted octanol–water partition coefficient (Wildman–Crippen LogP) is 3.46. The maximum absolute atomic E-state index is 12.2. The van der Waals surface area contributed by atoms with Crippen molar-refractivity contribution in [3.05, 3.63) is 54.1 Å². The van der Waals surface area contributed by atoms with Gasteiger partial charge in [0, 0.05) is 11.3 Å². The summed E-state index contributed by atoms with van der Waals surface area (Å²) >= 11 is 0. The highest BCUT2D eigenvalue weighted by Crippen LogP contribution is 2.17. The normalized spacial score (nSPS) is 10.0. The van der Waals surface area contributed by atoms with Gasteiger partial charge in [-0.3, -0.25) is 10.1 Å². The van der Waals surface area contributed by atoms with Crippen molar-refractivity contribution in [1.29, 1.82) is 0 Å². The second kappa shape index (κ2) is 10.7. The van der Waals surface area contributed by atoms with E-state index in [4.69, 9.17) is 14.2 Å². The smallest absolute Gasteiger partial charge is 0.411 e. The minimum atomic E-state index is -0.557. The van der Waals surface area contributed by atoms with Crippen molar-refractivity contribution >= 4 is 17.7 Å². The molecule has 0 atom stereocenters. The number of nitrogens with one attached hydrogen (secondary N) is 2. The van der Waals surface area contributed by atoms with E-state index in [1.165, 1.54) is 0 Å². The molecule has 0 aliphatic heterocycles. The van der Waals surface area contributed by atoms with E-state index in [-0.39, 0.29) is 12.5 Å². The standard InChI is InChI=1S/C20H24N2O5/c1-3-25-17-8-10-18(11-9-17)27-13-12-21-19(23)15-6-5-7-16(14-15)22-20(24)26-4-2/h5-11,14H,3-4,12-13H2,1-2H3,(H,21,23)(H,22,24). The van der Waals surface area contributed by atoms with Gasteiger partial charge >= 0.3 is 6.09 Å². The second-order valence-corrected chi connectivity index (χ2v) is 5.44. The Labute approximate surface area is 158 Å². The van der Waals surface area contributed by atoms with Gasteiger partial charge in [-0.25, -0.2) is 4.79 Å². The van der Waals surface area contributed by atoms with Gasteiger partial charge in [-0.05, 0) is 56.3 Å². The summed E-state index contributed by atoms with van der Waals surface area (Å²) in [5.74, 6) is 1.24. The number of benzene rings is 2. The summed E-state index contributed by atoms with van der Waals surface area (Å²) in [7, 11) is 0. The van der Waals surface area contributed by atoms with Gasteiger partial charge in [-0.1, -0.05) is 6.07 Å². The lowest BCUT2D eigenvalue weighted by molar-refractivity contribution is 0.0947. The van der Waals surface area contributed by atoms with Crippen LogP contribution in [0.1, 0.15) is 24.2 Å². The van der Waals surface area contributed by atoms with Gasteiger partial charge in [0.15, 0.2) is 0 Å². The largest absolute Gasteiger partial charge is 0.494 e. The lowest BCUT2D eigenvalue weighted by atomic mass is 10.2. The fourth-order valence-corrected chi connectivity index (χ4v) is 2.26. The van der Waals surface area contributed by atoms with Crippen LogP contribution in [0.4, 0.5) is 10.5 Å². The van der Waals surface area contributed by atoms with Gasteiger partial charge in [0.25, 0.3) is 5.91 Å². The van der Waals surface area contributed by atoms with Crippen molar-refractivity contribution in [3.63, 3.8) is 0 Å². The van der Waals surface area contributed by atoms with E-state index in [9.17, 15) is 9.59 Å². The van der Waals surface area contributed by atoms with Crippen LogP contribution in [0.5, 0.6) is 11.5 Å². The first-order valence-electron chi connectivity index (χ1n) is 8.80. The van der Waals surface area contributed by atoms with Crippen LogP contribution in [0, 0.1) is 0 Å². The van der Waals surface area contributed by atoms with E-state index in [1.807, 2.05) is 31.2 Å². The van der Waals surface area contributed by atoms with Crippen LogP contribution in [-0.4, -0.2) is 38.4 Å². The number of anilines is 1. The predicted molar refractivity (Wildman–Crippen MR) is 103 cm³/mol. The maximum atomic E-state index is 12.2. The van der Waals surface area contributed by atoms with Crippen LogP contribution in [0.15, 0.2) is 48.5 Å². The monoisotopic (exact) mass is 372 g/mol. The molecule has 7 nitrogen and oxygen atoms in total. The molecule has 2 rings (SSSR count). The number of carbonyl (C=O) groups excluding carboxylic acids is 2. The molecule has 0 aliphatic carbocycles. The third kappa shape index (κ3) is 6.89. The van der Waals surface area contributed by atoms with Crippen molar-refractivity contribution in [1.82, 2.24) is 5.32 Å². The molecule has 0 fully saturated rings. The number of carbonyl (C=O) groups is 2. The zero-order valence-corrected chi connectivity index (χ0v) is 15.5. The molecule has 7 heteroatoms. The SMILES string of the molecule is CCOC(=O)Nc1cccc(C(=O)NCCOc2ccc(OCC)cc2)c1. The molecule has 0 heterocycles. The number of amides is 2. The van der Waals surface area contributed by atoms with Crippen molar-refractivity contribution in [2.24, 2.45) is 0 Å². The Balaban J connectivity index is 1.77. The highest BCUT2D eigenvalue weighted by molar-refractivity contribution is 5.96. The molecule has 0 saturated carbocycles. The summed E-state index contributed by atoms with van der Waals surface area (Å²) in [5.41, 5.74) is 0.928. The average molecular weight is 372 g/mol. The average Bonchev–Trinajstić information content (AvgIpc) is 2.67. The highest BCUT2D eigenvalue weighted by Gasteiger charge is 2.08. The fraction of sp³-hybridized carbons (Fsp3) is 0.300. The summed E-state index contributed by atoms with van der Waals surface area (Å²) in [5, 5.41) is 5.34. The molecule has 2 aromatic rings. The molecular formula is C20H24N2O5. The third-order valence-electron chi connectivity index (χ3n) is 3.44. The molecule has 0 bridgehead atoms. The zero-order valence-electron chi connectivity index (χ0n) is 15.5. The van der Waals surface area contributed by atoms with E-state index >= 15 is 0 Å². The molecule has 0 aromatic heterocycles. The summed E-state index contributed by atoms with van der Waals surface area (Å²) in [4.78, 5) is 23.6. The number of hydrogen-bond acceptors (Lipinski definition) is 5. The summed E-state index contributed by atoms with van der Waals surface area (Å²) in [6, 6.07) is 13.9. The minimum Gasteiger partial charge on any atom is -0.494 e. The van der Waals surface area contributed by atoms with E-state index in [2.05, 4.69) is 10.6 Å². The Morgan fingerprint density at radius 1 is 0.926 bits per heavy atom. The number of hydrogen-bond donors (Lipinski definition) is 2. The van der Waals surface area contributed by atoms with Crippen LogP contribution < -0.4 is 20.1 Å². The van der Waals surface area contributed by atoms with Gasteiger partial charge in [0.05, 0.1) is 19.8 Å². The Morgan fingerprint density at radius 3 is 2.30 bits per heavy atom. The first kappa shape index (κ1) is 20.1. The quantitative estimate of drug-likeness (QED) is 0.659. The highest BCUT2D eigenvalue weighted by atomic mass is 16.5. The van der Waals surface area contributed by atoms with Gasteiger partial charge in [-0.15, -0.1) is 0 Å². The van der Waals surface area contributed by atoms with E-state index < -0.39 is 6.09 Å². The maximum Gasteiger partial charge on any atom is 0.411 e. The van der Waals surface area contributed by atoms with Gasteiger partial charge in [0.1, 0.15) is 18.1 Å². The van der Waals surface area contributed by atoms with Crippen LogP contribution in [0.3, 0.4) is 0 Å². The molecule has 0 spiro atoms. The summed E-state index contributed by atoms with van der Waals surface area (Å²) in [6.07, 6.45) is -0.557. The van der Waals surface area contributed by atoms with Crippen LogP contribution in [0.2, 0.25) is 0 Å². The van der Waals surface area contributed by atoms with Crippen molar-refractivity contribution < 1.29 is 23.8 Å². The van der Waals surface area contributed by atoms with Crippen molar-refractivity contribution in [2.75, 3.05) is 31.7 Å². The lowest BCUT2D eigenvalue weighted by Gasteiger charge is -2.10. The molecule has 0 saturated heterocycles. The van der Waals surface area contributed by atoms with E-state index in [0.717, 1.165) is 5.75 Å². The third-order valence-corrected chi connectivity index (χ3v) is 3.44. The molecule has 27 heavy (non-hydrogen) atoms. The second-order valence-electron chi connectivity index (χ2n) is 5.44. The van der Waals surface area contributed by atoms with Crippen LogP contribution in [-0.2, 0) is 4.74 Å². The van der Waals surface area contributed by atoms with Gasteiger partial charge in [0.2, 0.25) is 0 Å². The zero-order chi connectivity index (χ0) is 19.5. The van der Waals surface area contributed by atoms with E-state index in [1.54, 1.807) is 31.2 Å². The molecule has 0 radical (unpaired) electrons. The summed E-state index contributed by atoms with van der Waals surface area (Å²) < 4.78 is 15.8. The van der Waals surface area contributed by atoms with Crippen LogP contribution >= 0.6 is 0 Å². The number of ether oxygens (including phenoxy) is 3. The number of rotatable bonds is 9. The summed E-state index contributed by atoms with van der Waals surface area (Å²) in [6.45, 7) is 5.22. The molecule has 0 unspecified atom stereocenters. The van der Waals surface area contributed by atoms with Crippen LogP contribution in [0.25, 0.3) is 0 Å². The Morgan fingerprint density at radius 2 is 1.63 bits per heavy atom. The van der Waals surface area contributed by atoms with Crippen molar-refractivity contribution in [3.8, 4) is 11.5 Å². The van der Waals surface area contributed by atoms with Crippen molar-refractivity contribution in [2.45, 2.75) is 13.8 Å². The Kier molecular flexibility index (Phi) is 7.96. The lowest BCUT2D eigenvalue weighted by Crippen LogP contribution is -2.28.